The van der Waals surface area contributed by atoms with Gasteiger partial charge in [-0.05, 0) is 30.7 Å². The summed E-state index contributed by atoms with van der Waals surface area (Å²) < 4.78 is 21.9. The zero-order valence-electron chi connectivity index (χ0n) is 11.9. The SMILES string of the molecule is C=CC(=O)OCCO/C=C/C(C)=C/S(=O)c1ccccc1. The van der Waals surface area contributed by atoms with Crippen LogP contribution in [0.4, 0.5) is 0 Å². The van der Waals surface area contributed by atoms with Crippen LogP contribution in [0.25, 0.3) is 0 Å². The van der Waals surface area contributed by atoms with E-state index < -0.39 is 16.8 Å². The molecule has 0 aliphatic rings. The van der Waals surface area contributed by atoms with Crippen molar-refractivity contribution in [1.29, 1.82) is 0 Å². The summed E-state index contributed by atoms with van der Waals surface area (Å²) in [4.78, 5) is 11.5. The Morgan fingerprint density at radius 3 is 2.67 bits per heavy atom. The van der Waals surface area contributed by atoms with Gasteiger partial charge >= 0.3 is 5.97 Å². The minimum Gasteiger partial charge on any atom is -0.498 e. The van der Waals surface area contributed by atoms with Crippen LogP contribution in [0.2, 0.25) is 0 Å². The summed E-state index contributed by atoms with van der Waals surface area (Å²) in [5.41, 5.74) is 0.820. The lowest BCUT2D eigenvalue weighted by molar-refractivity contribution is -0.138. The molecule has 21 heavy (non-hydrogen) atoms. The van der Waals surface area contributed by atoms with E-state index >= 15 is 0 Å². The van der Waals surface area contributed by atoms with Gasteiger partial charge < -0.3 is 9.47 Å². The molecule has 0 saturated heterocycles. The summed E-state index contributed by atoms with van der Waals surface area (Å²) >= 11 is 0. The number of allylic oxidation sites excluding steroid dienone is 2. The van der Waals surface area contributed by atoms with Crippen molar-refractivity contribution in [2.75, 3.05) is 13.2 Å². The molecule has 0 aliphatic carbocycles. The number of rotatable bonds is 8. The molecule has 0 bridgehead atoms. The molecule has 112 valence electrons. The van der Waals surface area contributed by atoms with Crippen LogP contribution in [0.15, 0.2) is 71.2 Å². The third kappa shape index (κ3) is 7.27. The topological polar surface area (TPSA) is 52.6 Å². The maximum absolute atomic E-state index is 12.0. The van der Waals surface area contributed by atoms with Gasteiger partial charge in [-0.15, -0.1) is 0 Å². The summed E-state index contributed by atoms with van der Waals surface area (Å²) in [6.45, 7) is 5.53. The Bertz CT molecular complexity index is 547. The maximum atomic E-state index is 12.0. The Morgan fingerprint density at radius 1 is 1.29 bits per heavy atom. The first-order valence-electron chi connectivity index (χ1n) is 6.35. The van der Waals surface area contributed by atoms with Crippen molar-refractivity contribution in [3.63, 3.8) is 0 Å². The molecule has 4 nitrogen and oxygen atoms in total. The highest BCUT2D eigenvalue weighted by atomic mass is 32.2. The molecular formula is C16H18O4S. The number of carbonyl (C=O) groups excluding carboxylic acids is 1. The van der Waals surface area contributed by atoms with E-state index in [0.29, 0.717) is 0 Å². The predicted octanol–water partition coefficient (Wildman–Crippen LogP) is 2.96. The summed E-state index contributed by atoms with van der Waals surface area (Å²) in [6, 6.07) is 9.20. The molecule has 1 aromatic rings. The monoisotopic (exact) mass is 306 g/mol. The lowest BCUT2D eigenvalue weighted by Gasteiger charge is -2.01. The average Bonchev–Trinajstić information content (AvgIpc) is 2.51. The molecular weight excluding hydrogens is 288 g/mol. The van der Waals surface area contributed by atoms with Gasteiger partial charge in [-0.2, -0.15) is 0 Å². The Hall–Kier alpha value is -2.14. The van der Waals surface area contributed by atoms with Gasteiger partial charge in [-0.3, -0.25) is 0 Å². The van der Waals surface area contributed by atoms with Crippen LogP contribution in [0.5, 0.6) is 0 Å². The smallest absolute Gasteiger partial charge is 0.330 e. The molecule has 5 heteroatoms. The second-order valence-electron chi connectivity index (χ2n) is 4.02. The number of ether oxygens (including phenoxy) is 2. The van der Waals surface area contributed by atoms with Gasteiger partial charge in [-0.1, -0.05) is 24.8 Å². The Labute approximate surface area is 127 Å². The van der Waals surface area contributed by atoms with Crippen LogP contribution >= 0.6 is 0 Å². The van der Waals surface area contributed by atoms with Gasteiger partial charge in [-0.25, -0.2) is 9.00 Å². The van der Waals surface area contributed by atoms with E-state index in [1.807, 2.05) is 37.3 Å². The highest BCUT2D eigenvalue weighted by molar-refractivity contribution is 7.88. The van der Waals surface area contributed by atoms with E-state index in [0.717, 1.165) is 16.5 Å². The van der Waals surface area contributed by atoms with Gasteiger partial charge in [0, 0.05) is 16.4 Å². The van der Waals surface area contributed by atoms with E-state index in [1.165, 1.54) is 6.26 Å². The molecule has 0 amide bonds. The van der Waals surface area contributed by atoms with E-state index in [9.17, 15) is 9.00 Å². The van der Waals surface area contributed by atoms with Crippen molar-refractivity contribution in [3.05, 3.63) is 66.3 Å². The second kappa shape index (κ2) is 9.72. The highest BCUT2D eigenvalue weighted by Gasteiger charge is 1.98. The first-order chi connectivity index (χ1) is 10.1. The molecule has 0 N–H and O–H groups in total. The zero-order chi connectivity index (χ0) is 15.5. The summed E-state index contributed by atoms with van der Waals surface area (Å²) in [5, 5.41) is 1.65. The minimum atomic E-state index is -1.18. The molecule has 0 aliphatic heterocycles. The number of esters is 1. The van der Waals surface area contributed by atoms with Crippen molar-refractivity contribution >= 4 is 16.8 Å². The van der Waals surface area contributed by atoms with E-state index in [4.69, 9.17) is 9.47 Å². The predicted molar refractivity (Wildman–Crippen MR) is 82.9 cm³/mol. The van der Waals surface area contributed by atoms with Crippen LogP contribution in [-0.2, 0) is 25.1 Å². The number of hydrogen-bond acceptors (Lipinski definition) is 4. The van der Waals surface area contributed by atoms with E-state index in [2.05, 4.69) is 6.58 Å². The van der Waals surface area contributed by atoms with Gasteiger partial charge in [0.05, 0.1) is 17.1 Å². The van der Waals surface area contributed by atoms with Crippen molar-refractivity contribution in [2.24, 2.45) is 0 Å². The molecule has 1 rings (SSSR count). The highest BCUT2D eigenvalue weighted by Crippen LogP contribution is 2.09. The molecule has 0 saturated carbocycles. The molecule has 1 unspecified atom stereocenters. The molecule has 0 heterocycles. The molecule has 1 atom stereocenters. The number of carbonyl (C=O) groups is 1. The molecule has 0 spiro atoms. The lowest BCUT2D eigenvalue weighted by Crippen LogP contribution is -2.06. The lowest BCUT2D eigenvalue weighted by atomic mass is 10.3. The molecule has 0 fully saturated rings. The Kier molecular flexibility index (Phi) is 7.82. The molecule has 0 radical (unpaired) electrons. The van der Waals surface area contributed by atoms with Crippen LogP contribution in [0, 0.1) is 0 Å². The third-order valence-electron chi connectivity index (χ3n) is 2.31. The molecule has 1 aromatic carbocycles. The Morgan fingerprint density at radius 2 is 2.00 bits per heavy atom. The Balaban J connectivity index is 2.35. The average molecular weight is 306 g/mol. The standard InChI is InChI=1S/C16H18O4S/c1-3-16(17)20-12-11-19-10-9-14(2)13-21(18)15-7-5-4-6-8-15/h3-10,13H,1,11-12H2,2H3/b10-9+,14-13+. The quantitative estimate of drug-likeness (QED) is 0.244. The number of benzene rings is 1. The third-order valence-corrected chi connectivity index (χ3v) is 3.63. The fourth-order valence-corrected chi connectivity index (χ4v) is 2.28. The van der Waals surface area contributed by atoms with Crippen LogP contribution in [0.3, 0.4) is 0 Å². The minimum absolute atomic E-state index is 0.161. The van der Waals surface area contributed by atoms with Crippen LogP contribution in [-0.4, -0.2) is 23.4 Å². The van der Waals surface area contributed by atoms with Gasteiger partial charge in [0.15, 0.2) is 0 Å². The van der Waals surface area contributed by atoms with Gasteiger partial charge in [0.25, 0.3) is 0 Å². The fourth-order valence-electron chi connectivity index (χ4n) is 1.30. The van der Waals surface area contributed by atoms with Crippen molar-refractivity contribution < 1.29 is 18.5 Å². The summed E-state index contributed by atoms with van der Waals surface area (Å²) in [7, 11) is -1.18. The first-order valence-corrected chi connectivity index (χ1v) is 7.56. The number of hydrogen-bond donors (Lipinski definition) is 0. The van der Waals surface area contributed by atoms with Crippen molar-refractivity contribution in [1.82, 2.24) is 0 Å². The van der Waals surface area contributed by atoms with Crippen LogP contribution < -0.4 is 0 Å². The summed E-state index contributed by atoms with van der Waals surface area (Å²) in [5.74, 6) is -0.475. The van der Waals surface area contributed by atoms with E-state index in [1.54, 1.807) is 11.5 Å². The maximum Gasteiger partial charge on any atom is 0.330 e. The summed E-state index contributed by atoms with van der Waals surface area (Å²) in [6.07, 6.45) is 4.29. The second-order valence-corrected chi connectivity index (χ2v) is 5.32. The zero-order valence-corrected chi connectivity index (χ0v) is 12.7. The van der Waals surface area contributed by atoms with Crippen molar-refractivity contribution in [2.45, 2.75) is 11.8 Å². The van der Waals surface area contributed by atoms with Gasteiger partial charge in [0.2, 0.25) is 0 Å². The van der Waals surface area contributed by atoms with E-state index in [-0.39, 0.29) is 13.2 Å². The van der Waals surface area contributed by atoms with Crippen LogP contribution in [0.1, 0.15) is 6.92 Å². The van der Waals surface area contributed by atoms with Crippen molar-refractivity contribution in [3.8, 4) is 0 Å². The van der Waals surface area contributed by atoms with Gasteiger partial charge in [0.1, 0.15) is 13.2 Å². The molecule has 0 aromatic heterocycles. The fraction of sp³-hybridized carbons (Fsp3) is 0.188. The first kappa shape index (κ1) is 16.9. The normalized spacial score (nSPS) is 12.9. The largest absolute Gasteiger partial charge is 0.498 e.